The van der Waals surface area contributed by atoms with Gasteiger partial charge in [0.2, 0.25) is 0 Å². The second-order valence-corrected chi connectivity index (χ2v) is 9.91. The molecule has 0 aliphatic carbocycles. The molecule has 1 amide bonds. The molecule has 170 valence electrons. The van der Waals surface area contributed by atoms with Crippen LogP contribution in [0.25, 0.3) is 11.5 Å². The first-order valence-corrected chi connectivity index (χ1v) is 12.3. The van der Waals surface area contributed by atoms with Crippen molar-refractivity contribution in [3.05, 3.63) is 30.1 Å². The van der Waals surface area contributed by atoms with Gasteiger partial charge in [-0.1, -0.05) is 17.3 Å². The van der Waals surface area contributed by atoms with E-state index in [4.69, 9.17) is 9.26 Å². The maximum atomic E-state index is 12.3. The zero-order valence-corrected chi connectivity index (χ0v) is 18.7. The van der Waals surface area contributed by atoms with Crippen LogP contribution in [0, 0.1) is 12.8 Å². The predicted octanol–water partition coefficient (Wildman–Crippen LogP) is 1.44. The molecule has 10 nitrogen and oxygen atoms in total. The highest BCUT2D eigenvalue weighted by Gasteiger charge is 2.20. The van der Waals surface area contributed by atoms with E-state index in [1.807, 2.05) is 6.07 Å². The van der Waals surface area contributed by atoms with Crippen LogP contribution in [0.2, 0.25) is 0 Å². The fourth-order valence-corrected chi connectivity index (χ4v) is 3.93. The number of carbonyl (C=O) groups excluding carboxylic acids is 1. The summed E-state index contributed by atoms with van der Waals surface area (Å²) in [6, 6.07) is 7.03. The molecule has 3 rings (SSSR count). The van der Waals surface area contributed by atoms with Gasteiger partial charge < -0.3 is 24.8 Å². The Labute approximate surface area is 182 Å². The van der Waals surface area contributed by atoms with E-state index < -0.39 is 15.9 Å². The third kappa shape index (κ3) is 7.60. The smallest absolute Gasteiger partial charge is 0.409 e. The SMILES string of the molecule is Cc1noc(-c2ccccc2OC(=O)NCC2CCN(CCNCS(C)(=O)=O)CC2)n1. The third-order valence-corrected chi connectivity index (χ3v) is 5.79. The van der Waals surface area contributed by atoms with E-state index in [1.54, 1.807) is 25.1 Å². The Morgan fingerprint density at radius 3 is 2.71 bits per heavy atom. The fourth-order valence-electron chi connectivity index (χ4n) is 3.41. The molecule has 1 aliphatic heterocycles. The minimum absolute atomic E-state index is 0.00469. The summed E-state index contributed by atoms with van der Waals surface area (Å²) in [6.45, 7) is 5.55. The highest BCUT2D eigenvalue weighted by Crippen LogP contribution is 2.28. The van der Waals surface area contributed by atoms with Crippen molar-refractivity contribution in [1.29, 1.82) is 0 Å². The summed E-state index contributed by atoms with van der Waals surface area (Å²) in [6.07, 6.45) is 2.62. The van der Waals surface area contributed by atoms with Crippen molar-refractivity contribution in [2.45, 2.75) is 19.8 Å². The van der Waals surface area contributed by atoms with Crippen LogP contribution in [0.5, 0.6) is 5.75 Å². The minimum Gasteiger partial charge on any atom is -0.409 e. The van der Waals surface area contributed by atoms with Gasteiger partial charge in [0.25, 0.3) is 5.89 Å². The maximum absolute atomic E-state index is 12.3. The van der Waals surface area contributed by atoms with Crippen molar-refractivity contribution in [2.75, 3.05) is 44.9 Å². The molecule has 0 spiro atoms. The van der Waals surface area contributed by atoms with Gasteiger partial charge >= 0.3 is 6.09 Å². The molecule has 0 atom stereocenters. The van der Waals surface area contributed by atoms with Gasteiger partial charge in [-0.25, -0.2) is 13.2 Å². The molecule has 2 N–H and O–H groups in total. The van der Waals surface area contributed by atoms with Crippen LogP contribution in [-0.2, 0) is 9.84 Å². The van der Waals surface area contributed by atoms with Crippen molar-refractivity contribution < 1.29 is 22.5 Å². The minimum atomic E-state index is -2.99. The lowest BCUT2D eigenvalue weighted by atomic mass is 9.97. The Balaban J connectivity index is 1.39. The van der Waals surface area contributed by atoms with Crippen LogP contribution in [0.4, 0.5) is 4.79 Å². The van der Waals surface area contributed by atoms with E-state index in [9.17, 15) is 13.2 Å². The molecule has 1 aromatic heterocycles. The van der Waals surface area contributed by atoms with Crippen molar-refractivity contribution >= 4 is 15.9 Å². The van der Waals surface area contributed by atoms with Crippen molar-refractivity contribution in [1.82, 2.24) is 25.7 Å². The van der Waals surface area contributed by atoms with Gasteiger partial charge in [0, 0.05) is 25.9 Å². The van der Waals surface area contributed by atoms with E-state index >= 15 is 0 Å². The number of carbonyl (C=O) groups is 1. The van der Waals surface area contributed by atoms with Gasteiger partial charge in [0.1, 0.15) is 5.75 Å². The molecular weight excluding hydrogens is 422 g/mol. The Kier molecular flexibility index (Phi) is 7.99. The molecule has 0 saturated carbocycles. The number of likely N-dealkylation sites (tertiary alicyclic amines) is 1. The van der Waals surface area contributed by atoms with Crippen molar-refractivity contribution in [3.63, 3.8) is 0 Å². The van der Waals surface area contributed by atoms with E-state index in [0.717, 1.165) is 32.5 Å². The molecule has 1 aliphatic rings. The van der Waals surface area contributed by atoms with Gasteiger partial charge in [-0.15, -0.1) is 0 Å². The van der Waals surface area contributed by atoms with Crippen LogP contribution in [0.3, 0.4) is 0 Å². The number of ether oxygens (including phenoxy) is 1. The number of rotatable bonds is 9. The number of piperidine rings is 1. The van der Waals surface area contributed by atoms with E-state index in [-0.39, 0.29) is 5.88 Å². The number of sulfone groups is 1. The fraction of sp³-hybridized carbons (Fsp3) is 0.550. The molecule has 0 unspecified atom stereocenters. The first kappa shape index (κ1) is 23.2. The normalized spacial score (nSPS) is 15.7. The Morgan fingerprint density at radius 1 is 1.29 bits per heavy atom. The van der Waals surface area contributed by atoms with Crippen LogP contribution in [0.1, 0.15) is 18.7 Å². The van der Waals surface area contributed by atoms with Crippen molar-refractivity contribution in [3.8, 4) is 17.2 Å². The molecule has 11 heteroatoms. The summed E-state index contributed by atoms with van der Waals surface area (Å²) in [5, 5.41) is 9.56. The van der Waals surface area contributed by atoms with Gasteiger partial charge in [-0.2, -0.15) is 4.98 Å². The Morgan fingerprint density at radius 2 is 2.03 bits per heavy atom. The summed E-state index contributed by atoms with van der Waals surface area (Å²) in [5.74, 6) is 1.55. The number of nitrogens with zero attached hydrogens (tertiary/aromatic N) is 3. The van der Waals surface area contributed by atoms with E-state index in [1.165, 1.54) is 6.26 Å². The quantitative estimate of drug-likeness (QED) is 0.544. The number of hydrogen-bond donors (Lipinski definition) is 2. The van der Waals surface area contributed by atoms with E-state index in [2.05, 4.69) is 25.7 Å². The van der Waals surface area contributed by atoms with Gasteiger partial charge in [0.05, 0.1) is 11.4 Å². The molecule has 0 bridgehead atoms. The Bertz CT molecular complexity index is 970. The number of aromatic nitrogens is 2. The molecule has 2 aromatic rings. The zero-order chi connectivity index (χ0) is 22.3. The van der Waals surface area contributed by atoms with Gasteiger partial charge in [-0.3, -0.25) is 0 Å². The summed E-state index contributed by atoms with van der Waals surface area (Å²) >= 11 is 0. The van der Waals surface area contributed by atoms with Gasteiger partial charge in [-0.05, 0) is 50.9 Å². The molecule has 1 fully saturated rings. The first-order chi connectivity index (χ1) is 14.8. The van der Waals surface area contributed by atoms with Crippen molar-refractivity contribution in [2.24, 2.45) is 5.92 Å². The summed E-state index contributed by atoms with van der Waals surface area (Å²) < 4.78 is 32.9. The first-order valence-electron chi connectivity index (χ1n) is 10.3. The highest BCUT2D eigenvalue weighted by molar-refractivity contribution is 7.90. The molecule has 31 heavy (non-hydrogen) atoms. The molecule has 1 aromatic carbocycles. The lowest BCUT2D eigenvalue weighted by Gasteiger charge is -2.31. The number of para-hydroxylation sites is 1. The third-order valence-electron chi connectivity index (χ3n) is 5.06. The monoisotopic (exact) mass is 451 g/mol. The number of amides is 1. The van der Waals surface area contributed by atoms with E-state index in [0.29, 0.717) is 42.0 Å². The lowest BCUT2D eigenvalue weighted by molar-refractivity contribution is 0.174. The number of nitrogens with one attached hydrogen (secondary N) is 2. The number of hydrogen-bond acceptors (Lipinski definition) is 9. The molecule has 1 saturated heterocycles. The highest BCUT2D eigenvalue weighted by atomic mass is 32.2. The Hall–Kier alpha value is -2.50. The van der Waals surface area contributed by atoms with Crippen LogP contribution in [-0.4, -0.2) is 74.4 Å². The average Bonchev–Trinajstić information content (AvgIpc) is 3.16. The second-order valence-electron chi connectivity index (χ2n) is 7.77. The standard InChI is InChI=1S/C20H29N5O5S/c1-15-23-19(30-24-15)17-5-3-4-6-18(17)29-20(26)22-13-16-7-10-25(11-8-16)12-9-21-14-31(2,27)28/h3-6,16,21H,7-14H2,1-2H3,(H,22,26). The summed E-state index contributed by atoms with van der Waals surface area (Å²) in [4.78, 5) is 18.8. The van der Waals surface area contributed by atoms with Crippen LogP contribution in [0.15, 0.2) is 28.8 Å². The van der Waals surface area contributed by atoms with Crippen LogP contribution < -0.4 is 15.4 Å². The van der Waals surface area contributed by atoms with Crippen LogP contribution >= 0.6 is 0 Å². The number of aryl methyl sites for hydroxylation is 1. The molecular formula is C20H29N5O5S. The predicted molar refractivity (Wildman–Crippen MR) is 115 cm³/mol. The zero-order valence-electron chi connectivity index (χ0n) is 17.8. The maximum Gasteiger partial charge on any atom is 0.412 e. The summed E-state index contributed by atoms with van der Waals surface area (Å²) in [5.41, 5.74) is 0.566. The number of benzene rings is 1. The topological polar surface area (TPSA) is 127 Å². The molecule has 2 heterocycles. The van der Waals surface area contributed by atoms with Gasteiger partial charge in [0.15, 0.2) is 15.7 Å². The molecule has 0 radical (unpaired) electrons. The summed E-state index contributed by atoms with van der Waals surface area (Å²) in [7, 11) is -2.99. The average molecular weight is 452 g/mol. The lowest BCUT2D eigenvalue weighted by Crippen LogP contribution is -2.42. The largest absolute Gasteiger partial charge is 0.412 e. The second kappa shape index (κ2) is 10.7.